The number of hydrogen-bond donors (Lipinski definition) is 0. The topological polar surface area (TPSA) is 49.1 Å². The Morgan fingerprint density at radius 1 is 1.19 bits per heavy atom. The molecule has 2 aromatic rings. The zero-order valence-corrected chi connectivity index (χ0v) is 8.96. The largest absolute Gasteiger partial charge is 0.594 e. The summed E-state index contributed by atoms with van der Waals surface area (Å²) >= 11 is 0. The summed E-state index contributed by atoms with van der Waals surface area (Å²) in [5.41, 5.74) is 1.59. The average molecular weight is 216 g/mol. The zero-order chi connectivity index (χ0) is 11.4. The van der Waals surface area contributed by atoms with Gasteiger partial charge in [-0.1, -0.05) is 35.2 Å². The van der Waals surface area contributed by atoms with Gasteiger partial charge in [0.05, 0.1) is 5.10 Å². The van der Waals surface area contributed by atoms with Gasteiger partial charge < -0.3 is 9.94 Å². The molecule has 0 aliphatic heterocycles. The van der Waals surface area contributed by atoms with E-state index in [0.717, 1.165) is 5.56 Å². The molecule has 0 N–H and O–H groups in total. The quantitative estimate of drug-likeness (QED) is 0.578. The molecule has 82 valence electrons. The van der Waals surface area contributed by atoms with Gasteiger partial charge in [-0.2, -0.15) is 0 Å². The molecule has 16 heavy (non-hydrogen) atoms. The van der Waals surface area contributed by atoms with E-state index in [2.05, 4.69) is 5.10 Å². The van der Waals surface area contributed by atoms with Gasteiger partial charge in [-0.05, 0) is 5.56 Å². The van der Waals surface area contributed by atoms with Crippen LogP contribution in [0.1, 0.15) is 11.3 Å². The van der Waals surface area contributed by atoms with E-state index < -0.39 is 0 Å². The second-order valence-electron chi connectivity index (χ2n) is 3.46. The third kappa shape index (κ3) is 2.48. The van der Waals surface area contributed by atoms with Crippen molar-refractivity contribution in [2.45, 2.75) is 13.5 Å². The number of aryl methyl sites for hydroxylation is 1. The molecule has 0 aliphatic carbocycles. The maximum absolute atomic E-state index is 11.2. The first-order valence-corrected chi connectivity index (χ1v) is 5.00. The van der Waals surface area contributed by atoms with Crippen molar-refractivity contribution in [3.8, 4) is 5.88 Å². The van der Waals surface area contributed by atoms with E-state index in [1.165, 1.54) is 0 Å². The molecule has 0 atom stereocenters. The lowest BCUT2D eigenvalue weighted by molar-refractivity contribution is -0.676. The third-order valence-electron chi connectivity index (χ3n) is 2.19. The van der Waals surface area contributed by atoms with Crippen LogP contribution in [0, 0.1) is 12.1 Å². The van der Waals surface area contributed by atoms with Crippen molar-refractivity contribution in [2.24, 2.45) is 0 Å². The van der Waals surface area contributed by atoms with Crippen LogP contribution in [0.4, 0.5) is 0 Å². The predicted molar refractivity (Wildman–Crippen MR) is 58.7 cm³/mol. The average Bonchev–Trinajstić information content (AvgIpc) is 2.32. The summed E-state index contributed by atoms with van der Waals surface area (Å²) in [7, 11) is 0. The number of ether oxygens (including phenoxy) is 1. The summed E-state index contributed by atoms with van der Waals surface area (Å²) < 4.78 is 5.40. The molecule has 1 aromatic carbocycles. The van der Waals surface area contributed by atoms with Gasteiger partial charge in [0.25, 0.3) is 5.88 Å². The minimum atomic E-state index is 0.337. The molecular weight excluding hydrogens is 204 g/mol. The monoisotopic (exact) mass is 216 g/mol. The first-order chi connectivity index (χ1) is 7.75. The van der Waals surface area contributed by atoms with Gasteiger partial charge in [0.15, 0.2) is 0 Å². The molecule has 0 aliphatic rings. The van der Waals surface area contributed by atoms with E-state index in [1.807, 2.05) is 30.3 Å². The highest BCUT2D eigenvalue weighted by Crippen LogP contribution is 2.07. The van der Waals surface area contributed by atoms with Crippen molar-refractivity contribution in [1.29, 1.82) is 0 Å². The van der Waals surface area contributed by atoms with Crippen LogP contribution in [0.25, 0.3) is 0 Å². The predicted octanol–water partition coefficient (Wildman–Crippen LogP) is 1.60. The van der Waals surface area contributed by atoms with Crippen LogP contribution >= 0.6 is 0 Å². The summed E-state index contributed by atoms with van der Waals surface area (Å²) in [5.74, 6) is 0.337. The summed E-state index contributed by atoms with van der Waals surface area (Å²) in [6.07, 6.45) is 0. The van der Waals surface area contributed by atoms with E-state index in [9.17, 15) is 5.21 Å². The maximum atomic E-state index is 11.2. The Morgan fingerprint density at radius 3 is 2.62 bits per heavy atom. The molecule has 2 rings (SSSR count). The van der Waals surface area contributed by atoms with E-state index in [0.29, 0.717) is 23.0 Å². The molecule has 0 saturated carbocycles. The first kappa shape index (κ1) is 10.4. The third-order valence-corrected chi connectivity index (χ3v) is 2.19. The fraction of sp³-hybridized carbons (Fsp3) is 0.167. The molecule has 0 amide bonds. The van der Waals surface area contributed by atoms with Crippen LogP contribution in [0.5, 0.6) is 5.88 Å². The second-order valence-corrected chi connectivity index (χ2v) is 3.46. The smallest absolute Gasteiger partial charge is 0.280 e. The Labute approximate surface area is 93.7 Å². The molecule has 1 aromatic heterocycles. The van der Waals surface area contributed by atoms with Crippen LogP contribution in [0.2, 0.25) is 0 Å². The zero-order valence-electron chi connectivity index (χ0n) is 8.96. The van der Waals surface area contributed by atoms with E-state index >= 15 is 0 Å². The van der Waals surface area contributed by atoms with Crippen molar-refractivity contribution in [3.63, 3.8) is 0 Å². The highest BCUT2D eigenvalue weighted by molar-refractivity contribution is 5.15. The minimum absolute atomic E-state index is 0.337. The molecule has 0 unspecified atom stereocenters. The molecule has 0 fully saturated rings. The van der Waals surface area contributed by atoms with Gasteiger partial charge in [0.1, 0.15) is 6.61 Å². The number of aromatic nitrogens is 2. The van der Waals surface area contributed by atoms with Gasteiger partial charge >= 0.3 is 0 Å². The van der Waals surface area contributed by atoms with Crippen molar-refractivity contribution in [2.75, 3.05) is 0 Å². The van der Waals surface area contributed by atoms with Crippen LogP contribution < -0.4 is 9.58 Å². The Balaban J connectivity index is 2.03. The molecule has 4 nitrogen and oxygen atoms in total. The Kier molecular flexibility index (Phi) is 3.00. The fourth-order valence-corrected chi connectivity index (χ4v) is 1.27. The number of benzene rings is 1. The van der Waals surface area contributed by atoms with Crippen LogP contribution in [0.3, 0.4) is 0 Å². The lowest BCUT2D eigenvalue weighted by Crippen LogP contribution is -2.34. The number of nitrogens with zero attached hydrogens (tertiary/aromatic N) is 2. The summed E-state index contributed by atoms with van der Waals surface area (Å²) in [6.45, 7) is 2.11. The van der Waals surface area contributed by atoms with Crippen LogP contribution in [-0.4, -0.2) is 5.10 Å². The summed E-state index contributed by atoms with van der Waals surface area (Å²) in [5, 5.41) is 14.9. The lowest BCUT2D eigenvalue weighted by Gasteiger charge is -2.04. The Morgan fingerprint density at radius 2 is 1.94 bits per heavy atom. The Hall–Kier alpha value is -2.10. The second kappa shape index (κ2) is 4.61. The van der Waals surface area contributed by atoms with Gasteiger partial charge in [-0.3, -0.25) is 0 Å². The van der Waals surface area contributed by atoms with Crippen molar-refractivity contribution in [3.05, 3.63) is 58.9 Å². The summed E-state index contributed by atoms with van der Waals surface area (Å²) in [6, 6.07) is 13.1. The van der Waals surface area contributed by atoms with Crippen LogP contribution in [0.15, 0.2) is 42.5 Å². The normalized spacial score (nSPS) is 10.1. The van der Waals surface area contributed by atoms with Crippen molar-refractivity contribution < 1.29 is 9.58 Å². The van der Waals surface area contributed by atoms with Gasteiger partial charge in [-0.15, -0.1) is 0 Å². The minimum Gasteiger partial charge on any atom is -0.594 e. The van der Waals surface area contributed by atoms with Crippen molar-refractivity contribution >= 4 is 0 Å². The van der Waals surface area contributed by atoms with E-state index in [-0.39, 0.29) is 0 Å². The van der Waals surface area contributed by atoms with Gasteiger partial charge in [-0.25, -0.2) is 0 Å². The fourth-order valence-electron chi connectivity index (χ4n) is 1.27. The lowest BCUT2D eigenvalue weighted by atomic mass is 10.2. The molecule has 0 bridgehead atoms. The number of hydrogen-bond acceptors (Lipinski definition) is 3. The summed E-state index contributed by atoms with van der Waals surface area (Å²) in [4.78, 5) is 0.556. The van der Waals surface area contributed by atoms with Gasteiger partial charge in [0, 0.05) is 19.1 Å². The Bertz CT molecular complexity index is 472. The molecular formula is C12H12N2O2. The van der Waals surface area contributed by atoms with Crippen LogP contribution in [-0.2, 0) is 6.61 Å². The number of rotatable bonds is 3. The molecule has 0 saturated heterocycles. The van der Waals surface area contributed by atoms with Crippen molar-refractivity contribution in [1.82, 2.24) is 5.10 Å². The highest BCUT2D eigenvalue weighted by Gasteiger charge is 2.04. The SMILES string of the molecule is Cc1ccc(OCc2ccccc2)n[n+]1[O-]. The highest BCUT2D eigenvalue weighted by atomic mass is 16.5. The molecule has 1 heterocycles. The standard InChI is InChI=1S/C12H12N2O2/c1-10-7-8-12(13-14(10)15)16-9-11-5-3-2-4-6-11/h2-8H,9H2,1H3. The van der Waals surface area contributed by atoms with E-state index in [4.69, 9.17) is 4.74 Å². The first-order valence-electron chi connectivity index (χ1n) is 5.00. The maximum Gasteiger partial charge on any atom is 0.280 e. The van der Waals surface area contributed by atoms with E-state index in [1.54, 1.807) is 19.1 Å². The molecule has 0 spiro atoms. The molecule has 0 radical (unpaired) electrons. The van der Waals surface area contributed by atoms with Gasteiger partial charge in [0.2, 0.25) is 5.69 Å². The molecule has 4 heteroatoms.